The second kappa shape index (κ2) is 8.71. The van der Waals surface area contributed by atoms with Crippen LogP contribution < -0.4 is 0 Å². The van der Waals surface area contributed by atoms with Crippen molar-refractivity contribution in [2.24, 2.45) is 0 Å². The molecule has 1 aliphatic rings. The normalized spacial score (nSPS) is 14.7. The van der Waals surface area contributed by atoms with Crippen LogP contribution in [-0.2, 0) is 11.2 Å². The Morgan fingerprint density at radius 1 is 1.00 bits per heavy atom. The molecule has 146 valence electrons. The third kappa shape index (κ3) is 4.77. The Kier molecular flexibility index (Phi) is 6.10. The second-order valence-electron chi connectivity index (χ2n) is 6.69. The summed E-state index contributed by atoms with van der Waals surface area (Å²) in [7, 11) is 0. The fourth-order valence-corrected chi connectivity index (χ4v) is 3.18. The first-order valence-electron chi connectivity index (χ1n) is 8.95. The van der Waals surface area contributed by atoms with Gasteiger partial charge in [0.05, 0.1) is 17.0 Å². The minimum atomic E-state index is -0.534. The van der Waals surface area contributed by atoms with Crippen molar-refractivity contribution in [2.45, 2.75) is 6.42 Å². The van der Waals surface area contributed by atoms with E-state index in [0.29, 0.717) is 26.2 Å². The van der Waals surface area contributed by atoms with Crippen LogP contribution in [0.1, 0.15) is 15.9 Å². The van der Waals surface area contributed by atoms with Crippen LogP contribution in [0, 0.1) is 15.9 Å². The van der Waals surface area contributed by atoms with Crippen molar-refractivity contribution in [1.82, 2.24) is 9.80 Å². The van der Waals surface area contributed by atoms with E-state index in [1.54, 1.807) is 29.2 Å². The highest BCUT2D eigenvalue weighted by molar-refractivity contribution is 5.94. The lowest BCUT2D eigenvalue weighted by atomic mass is 10.1. The van der Waals surface area contributed by atoms with Gasteiger partial charge in [-0.1, -0.05) is 24.3 Å². The van der Waals surface area contributed by atoms with Gasteiger partial charge in [-0.3, -0.25) is 24.6 Å². The van der Waals surface area contributed by atoms with Gasteiger partial charge in [-0.25, -0.2) is 4.39 Å². The molecule has 7 nitrogen and oxygen atoms in total. The zero-order valence-corrected chi connectivity index (χ0v) is 15.2. The molecule has 1 aliphatic heterocycles. The molecule has 0 bridgehead atoms. The number of benzene rings is 2. The van der Waals surface area contributed by atoms with E-state index in [4.69, 9.17) is 0 Å². The van der Waals surface area contributed by atoms with Crippen LogP contribution in [0.3, 0.4) is 0 Å². The Balaban J connectivity index is 1.48. The molecule has 0 atom stereocenters. The van der Waals surface area contributed by atoms with E-state index < -0.39 is 10.7 Å². The van der Waals surface area contributed by atoms with Crippen molar-refractivity contribution >= 4 is 17.4 Å². The molecule has 0 unspecified atom stereocenters. The Bertz CT molecular complexity index is 877. The summed E-state index contributed by atoms with van der Waals surface area (Å²) in [6, 6.07) is 11.8. The number of ketones is 1. The Morgan fingerprint density at radius 3 is 2.25 bits per heavy atom. The maximum Gasteiger partial charge on any atom is 0.269 e. The first-order valence-corrected chi connectivity index (χ1v) is 8.95. The van der Waals surface area contributed by atoms with Crippen LogP contribution in [0.4, 0.5) is 10.1 Å². The number of hydrogen-bond acceptors (Lipinski definition) is 5. The van der Waals surface area contributed by atoms with Gasteiger partial charge in [0.15, 0.2) is 5.78 Å². The second-order valence-corrected chi connectivity index (χ2v) is 6.69. The third-order valence-electron chi connectivity index (χ3n) is 4.71. The average molecular weight is 385 g/mol. The maximum atomic E-state index is 13.8. The number of nitro groups is 1. The van der Waals surface area contributed by atoms with Crippen LogP contribution in [0.15, 0.2) is 48.5 Å². The van der Waals surface area contributed by atoms with E-state index >= 15 is 0 Å². The molecule has 8 heteroatoms. The standard InChI is InChI=1S/C20H20FN3O4/c21-19-4-2-1-3-18(19)20(26)23-11-9-22(10-12-23)14-17(25)13-15-5-7-16(8-6-15)24(27)28/h1-8H,9-14H2. The summed E-state index contributed by atoms with van der Waals surface area (Å²) < 4.78 is 13.8. The Labute approximate surface area is 161 Å². The van der Waals surface area contributed by atoms with Gasteiger partial charge >= 0.3 is 0 Å². The number of nitro benzene ring substituents is 1. The van der Waals surface area contributed by atoms with Crippen molar-refractivity contribution in [3.8, 4) is 0 Å². The first-order chi connectivity index (χ1) is 13.4. The van der Waals surface area contributed by atoms with Crippen molar-refractivity contribution < 1.29 is 18.9 Å². The predicted molar refractivity (Wildman–Crippen MR) is 101 cm³/mol. The smallest absolute Gasteiger partial charge is 0.269 e. The third-order valence-corrected chi connectivity index (χ3v) is 4.71. The van der Waals surface area contributed by atoms with E-state index in [1.807, 2.05) is 4.90 Å². The predicted octanol–water partition coefficient (Wildman–Crippen LogP) is 2.30. The molecule has 28 heavy (non-hydrogen) atoms. The van der Waals surface area contributed by atoms with Gasteiger partial charge in [0.2, 0.25) is 0 Å². The van der Waals surface area contributed by atoms with Gasteiger partial charge in [0, 0.05) is 44.7 Å². The number of non-ortho nitro benzene ring substituents is 1. The minimum absolute atomic E-state index is 0.00253. The van der Waals surface area contributed by atoms with E-state index in [-0.39, 0.29) is 35.9 Å². The fraction of sp³-hybridized carbons (Fsp3) is 0.300. The number of nitrogens with zero attached hydrogens (tertiary/aromatic N) is 3. The first kappa shape index (κ1) is 19.6. The minimum Gasteiger partial charge on any atom is -0.336 e. The number of hydrogen-bond donors (Lipinski definition) is 0. The lowest BCUT2D eigenvalue weighted by Gasteiger charge is -2.34. The summed E-state index contributed by atoms with van der Waals surface area (Å²) >= 11 is 0. The molecule has 0 aliphatic carbocycles. The van der Waals surface area contributed by atoms with Crippen LogP contribution in [-0.4, -0.2) is 59.1 Å². The van der Waals surface area contributed by atoms with Gasteiger partial charge in [-0.2, -0.15) is 0 Å². The molecule has 3 rings (SSSR count). The molecule has 1 saturated heterocycles. The van der Waals surface area contributed by atoms with E-state index in [9.17, 15) is 24.1 Å². The summed E-state index contributed by atoms with van der Waals surface area (Å²) in [5, 5.41) is 10.7. The molecule has 0 saturated carbocycles. The van der Waals surface area contributed by atoms with Gasteiger partial charge in [0.1, 0.15) is 5.82 Å². The summed E-state index contributed by atoms with van der Waals surface area (Å²) in [6.45, 7) is 2.17. The van der Waals surface area contributed by atoms with E-state index in [0.717, 1.165) is 5.56 Å². The highest BCUT2D eigenvalue weighted by atomic mass is 19.1. The fourth-order valence-electron chi connectivity index (χ4n) is 3.18. The molecule has 2 aromatic rings. The lowest BCUT2D eigenvalue weighted by Crippen LogP contribution is -2.50. The highest BCUT2D eigenvalue weighted by Crippen LogP contribution is 2.14. The number of Topliss-reactive ketones (excluding diaryl/α,β-unsaturated/α-hetero) is 1. The van der Waals surface area contributed by atoms with E-state index in [2.05, 4.69) is 0 Å². The maximum absolute atomic E-state index is 13.8. The molecule has 0 aromatic heterocycles. The molecule has 1 amide bonds. The number of carbonyl (C=O) groups is 2. The number of amides is 1. The molecule has 2 aromatic carbocycles. The molecule has 1 fully saturated rings. The van der Waals surface area contributed by atoms with Crippen LogP contribution in [0.5, 0.6) is 0 Å². The summed E-state index contributed by atoms with van der Waals surface area (Å²) in [4.78, 5) is 38.4. The molecular weight excluding hydrogens is 365 g/mol. The van der Waals surface area contributed by atoms with Crippen molar-refractivity contribution in [1.29, 1.82) is 0 Å². The molecule has 0 spiro atoms. The van der Waals surface area contributed by atoms with Crippen molar-refractivity contribution in [3.05, 3.63) is 75.6 Å². The van der Waals surface area contributed by atoms with Crippen LogP contribution in [0.2, 0.25) is 0 Å². The van der Waals surface area contributed by atoms with Gasteiger partial charge in [-0.05, 0) is 17.7 Å². The molecule has 0 N–H and O–H groups in total. The van der Waals surface area contributed by atoms with Gasteiger partial charge in [-0.15, -0.1) is 0 Å². The highest BCUT2D eigenvalue weighted by Gasteiger charge is 2.24. The number of halogens is 1. The SMILES string of the molecule is O=C(Cc1ccc([N+](=O)[O-])cc1)CN1CCN(C(=O)c2ccccc2F)CC1. The monoisotopic (exact) mass is 385 g/mol. The molecular formula is C20H20FN3O4. The van der Waals surface area contributed by atoms with Crippen molar-refractivity contribution in [3.63, 3.8) is 0 Å². The quantitative estimate of drug-likeness (QED) is 0.563. The summed E-state index contributed by atoms with van der Waals surface area (Å²) in [5.41, 5.74) is 0.779. The number of rotatable bonds is 6. The Morgan fingerprint density at radius 2 is 1.64 bits per heavy atom. The summed E-state index contributed by atoms with van der Waals surface area (Å²) in [5.74, 6) is -0.870. The molecule has 1 heterocycles. The summed E-state index contributed by atoms with van der Waals surface area (Å²) in [6.07, 6.45) is 0.201. The topological polar surface area (TPSA) is 83.8 Å². The molecule has 0 radical (unpaired) electrons. The van der Waals surface area contributed by atoms with Crippen LogP contribution in [0.25, 0.3) is 0 Å². The van der Waals surface area contributed by atoms with Gasteiger partial charge < -0.3 is 4.90 Å². The zero-order valence-electron chi connectivity index (χ0n) is 15.2. The lowest BCUT2D eigenvalue weighted by molar-refractivity contribution is -0.384. The number of carbonyl (C=O) groups excluding carboxylic acids is 2. The average Bonchev–Trinajstić information content (AvgIpc) is 2.69. The Hall–Kier alpha value is -3.13. The largest absolute Gasteiger partial charge is 0.336 e. The number of piperazine rings is 1. The van der Waals surface area contributed by atoms with E-state index in [1.165, 1.54) is 24.3 Å². The van der Waals surface area contributed by atoms with Crippen LogP contribution >= 0.6 is 0 Å². The zero-order chi connectivity index (χ0) is 20.1. The van der Waals surface area contributed by atoms with Crippen molar-refractivity contribution in [2.75, 3.05) is 32.7 Å². The van der Waals surface area contributed by atoms with Gasteiger partial charge in [0.25, 0.3) is 11.6 Å².